The maximum atomic E-state index is 12.7. The molecule has 0 saturated heterocycles. The maximum absolute atomic E-state index is 12.7. The van der Waals surface area contributed by atoms with E-state index in [1.165, 1.54) is 25.3 Å². The summed E-state index contributed by atoms with van der Waals surface area (Å²) in [6.07, 6.45) is -1.40. The van der Waals surface area contributed by atoms with Crippen LogP contribution in [0.3, 0.4) is 0 Å². The van der Waals surface area contributed by atoms with E-state index in [9.17, 15) is 18.0 Å². The van der Waals surface area contributed by atoms with Crippen molar-refractivity contribution >= 4 is 12.0 Å². The molecular formula is C23H20F3NO4. The zero-order valence-electron chi connectivity index (χ0n) is 17.1. The lowest BCUT2D eigenvalue weighted by Gasteiger charge is -2.08. The van der Waals surface area contributed by atoms with Crippen molar-refractivity contribution in [1.82, 2.24) is 4.98 Å². The summed E-state index contributed by atoms with van der Waals surface area (Å²) in [6.45, 7) is 3.73. The molecule has 0 aliphatic rings. The average molecular weight is 431 g/mol. The predicted octanol–water partition coefficient (Wildman–Crippen LogP) is 5.74. The highest BCUT2D eigenvalue weighted by molar-refractivity contribution is 5.87. The summed E-state index contributed by atoms with van der Waals surface area (Å²) in [7, 11) is 1.31. The van der Waals surface area contributed by atoms with Crippen molar-refractivity contribution in [2.24, 2.45) is 0 Å². The first kappa shape index (κ1) is 22.1. The van der Waals surface area contributed by atoms with Crippen molar-refractivity contribution in [2.75, 3.05) is 7.11 Å². The van der Waals surface area contributed by atoms with Crippen molar-refractivity contribution in [3.63, 3.8) is 0 Å². The van der Waals surface area contributed by atoms with E-state index in [-0.39, 0.29) is 12.5 Å². The number of alkyl halides is 3. The van der Waals surface area contributed by atoms with E-state index >= 15 is 0 Å². The second-order valence-corrected chi connectivity index (χ2v) is 6.77. The minimum absolute atomic E-state index is 0.107. The Morgan fingerprint density at radius 2 is 1.84 bits per heavy atom. The van der Waals surface area contributed by atoms with Crippen molar-refractivity contribution in [1.29, 1.82) is 0 Å². The fraction of sp³-hybridized carbons (Fsp3) is 0.217. The van der Waals surface area contributed by atoms with Gasteiger partial charge in [0.15, 0.2) is 5.76 Å². The number of halogens is 3. The molecule has 0 radical (unpaired) electrons. The van der Waals surface area contributed by atoms with Gasteiger partial charge in [-0.1, -0.05) is 6.07 Å². The molecule has 0 saturated carbocycles. The Balaban J connectivity index is 1.69. The molecule has 0 spiro atoms. The molecule has 162 valence electrons. The molecule has 0 N–H and O–H groups in total. The van der Waals surface area contributed by atoms with Gasteiger partial charge in [-0.15, -0.1) is 0 Å². The van der Waals surface area contributed by atoms with Crippen molar-refractivity contribution in [3.8, 4) is 17.2 Å². The standard InChI is InChI=1S/C23H20F3NO4/c1-14-12-19(10-6-16(14)7-11-21(28)29-3)30-13-20-15(2)27-22(31-20)17-4-8-18(9-5-17)23(24,25)26/h4-12H,13H2,1-3H3/b11-7+. The van der Waals surface area contributed by atoms with Gasteiger partial charge in [0, 0.05) is 11.6 Å². The number of hydrogen-bond donors (Lipinski definition) is 0. The molecule has 0 aliphatic heterocycles. The van der Waals surface area contributed by atoms with Gasteiger partial charge in [-0.25, -0.2) is 9.78 Å². The second kappa shape index (κ2) is 9.07. The van der Waals surface area contributed by atoms with Gasteiger partial charge in [0.2, 0.25) is 5.89 Å². The zero-order valence-corrected chi connectivity index (χ0v) is 17.1. The smallest absolute Gasteiger partial charge is 0.416 e. The van der Waals surface area contributed by atoms with Crippen LogP contribution in [0.4, 0.5) is 13.2 Å². The highest BCUT2D eigenvalue weighted by Crippen LogP contribution is 2.31. The van der Waals surface area contributed by atoms with Crippen LogP contribution in [0.1, 0.15) is 28.1 Å². The van der Waals surface area contributed by atoms with E-state index in [1.54, 1.807) is 19.1 Å². The van der Waals surface area contributed by atoms with Crippen molar-refractivity contribution < 1.29 is 31.9 Å². The number of carbonyl (C=O) groups is 1. The lowest BCUT2D eigenvalue weighted by atomic mass is 10.1. The molecule has 31 heavy (non-hydrogen) atoms. The molecule has 3 rings (SSSR count). The summed E-state index contributed by atoms with van der Waals surface area (Å²) in [6, 6.07) is 10.0. The summed E-state index contributed by atoms with van der Waals surface area (Å²) in [5, 5.41) is 0. The first-order valence-electron chi connectivity index (χ1n) is 9.31. The number of methoxy groups -OCH3 is 1. The molecule has 8 heteroatoms. The van der Waals surface area contributed by atoms with Crippen LogP contribution in [0.15, 0.2) is 53.0 Å². The predicted molar refractivity (Wildman–Crippen MR) is 108 cm³/mol. The minimum Gasteiger partial charge on any atom is -0.486 e. The van der Waals surface area contributed by atoms with Crippen molar-refractivity contribution in [2.45, 2.75) is 26.6 Å². The molecule has 5 nitrogen and oxygen atoms in total. The van der Waals surface area contributed by atoms with Gasteiger partial charge in [0.05, 0.1) is 18.4 Å². The summed E-state index contributed by atoms with van der Waals surface area (Å²) in [4.78, 5) is 15.5. The van der Waals surface area contributed by atoms with E-state index in [1.807, 2.05) is 19.1 Å². The number of ether oxygens (including phenoxy) is 2. The molecule has 0 unspecified atom stereocenters. The Kier molecular flexibility index (Phi) is 6.48. The van der Waals surface area contributed by atoms with E-state index in [4.69, 9.17) is 9.15 Å². The molecule has 2 aromatic carbocycles. The average Bonchev–Trinajstić information content (AvgIpc) is 3.11. The SMILES string of the molecule is COC(=O)/C=C/c1ccc(OCc2oc(-c3ccc(C(F)(F)F)cc3)nc2C)cc1C. The quantitative estimate of drug-likeness (QED) is 0.368. The van der Waals surface area contributed by atoms with Crippen LogP contribution in [0, 0.1) is 13.8 Å². The normalized spacial score (nSPS) is 11.7. The van der Waals surface area contributed by atoms with E-state index in [2.05, 4.69) is 9.72 Å². The molecule has 0 amide bonds. The van der Waals surface area contributed by atoms with Crippen molar-refractivity contribution in [3.05, 3.63) is 76.7 Å². The van der Waals surface area contributed by atoms with Gasteiger partial charge >= 0.3 is 12.1 Å². The number of aromatic nitrogens is 1. The number of aryl methyl sites for hydroxylation is 2. The van der Waals surface area contributed by atoms with Gasteiger partial charge in [0.25, 0.3) is 0 Å². The minimum atomic E-state index is -4.40. The molecule has 0 bridgehead atoms. The molecule has 1 aromatic heterocycles. The van der Waals surface area contributed by atoms with Gasteiger partial charge in [-0.2, -0.15) is 13.2 Å². The summed E-state index contributed by atoms with van der Waals surface area (Å²) >= 11 is 0. The highest BCUT2D eigenvalue weighted by atomic mass is 19.4. The molecule has 0 fully saturated rings. The van der Waals surface area contributed by atoms with Gasteiger partial charge in [-0.05, 0) is 67.4 Å². The Labute approximate surface area is 177 Å². The Hall–Kier alpha value is -3.55. The number of nitrogens with zero attached hydrogens (tertiary/aromatic N) is 1. The topological polar surface area (TPSA) is 61.6 Å². The number of oxazole rings is 1. The van der Waals surface area contributed by atoms with E-state index in [0.717, 1.165) is 23.3 Å². The molecular weight excluding hydrogens is 411 g/mol. The van der Waals surface area contributed by atoms with Gasteiger partial charge < -0.3 is 13.9 Å². The maximum Gasteiger partial charge on any atom is 0.416 e. The van der Waals surface area contributed by atoms with Crippen LogP contribution in [0.5, 0.6) is 5.75 Å². The van der Waals surface area contributed by atoms with Crippen LogP contribution < -0.4 is 4.74 Å². The lowest BCUT2D eigenvalue weighted by Crippen LogP contribution is -2.03. The number of carbonyl (C=O) groups excluding carboxylic acids is 1. The Morgan fingerprint density at radius 1 is 1.13 bits per heavy atom. The third-order valence-electron chi connectivity index (χ3n) is 4.56. The van der Waals surface area contributed by atoms with Crippen LogP contribution in [-0.2, 0) is 22.3 Å². The van der Waals surface area contributed by atoms with E-state index < -0.39 is 17.7 Å². The Bertz CT molecular complexity index is 1100. The fourth-order valence-electron chi connectivity index (χ4n) is 2.79. The molecule has 3 aromatic rings. The summed E-state index contributed by atoms with van der Waals surface area (Å²) in [5.74, 6) is 0.857. The molecule has 1 heterocycles. The van der Waals surface area contributed by atoms with Crippen LogP contribution in [-0.4, -0.2) is 18.1 Å². The number of esters is 1. The lowest BCUT2D eigenvalue weighted by molar-refractivity contribution is -0.137. The third kappa shape index (κ3) is 5.53. The van der Waals surface area contributed by atoms with Crippen LogP contribution in [0.2, 0.25) is 0 Å². The molecule has 0 atom stereocenters. The monoisotopic (exact) mass is 431 g/mol. The second-order valence-electron chi connectivity index (χ2n) is 6.77. The molecule has 0 aliphatic carbocycles. The summed E-state index contributed by atoms with van der Waals surface area (Å²) < 4.78 is 54.2. The number of hydrogen-bond acceptors (Lipinski definition) is 5. The highest BCUT2D eigenvalue weighted by Gasteiger charge is 2.30. The zero-order chi connectivity index (χ0) is 22.6. The largest absolute Gasteiger partial charge is 0.486 e. The fourth-order valence-corrected chi connectivity index (χ4v) is 2.79. The Morgan fingerprint density at radius 3 is 2.45 bits per heavy atom. The first-order valence-corrected chi connectivity index (χ1v) is 9.31. The van der Waals surface area contributed by atoms with Crippen LogP contribution >= 0.6 is 0 Å². The van der Waals surface area contributed by atoms with E-state index in [0.29, 0.717) is 22.8 Å². The first-order chi connectivity index (χ1) is 14.7. The summed E-state index contributed by atoms with van der Waals surface area (Å²) in [5.41, 5.74) is 2.04. The van der Waals surface area contributed by atoms with Gasteiger partial charge in [0.1, 0.15) is 12.4 Å². The number of rotatable bonds is 6. The van der Waals surface area contributed by atoms with Crippen LogP contribution in [0.25, 0.3) is 17.5 Å². The van der Waals surface area contributed by atoms with Gasteiger partial charge in [-0.3, -0.25) is 0 Å². The third-order valence-corrected chi connectivity index (χ3v) is 4.56. The number of benzene rings is 2.